The van der Waals surface area contributed by atoms with Crippen molar-refractivity contribution >= 4 is 29.0 Å². The Morgan fingerprint density at radius 3 is 2.55 bits per heavy atom. The second-order valence-electron chi connectivity index (χ2n) is 2.15. The summed E-state index contributed by atoms with van der Waals surface area (Å²) in [6, 6.07) is 0. The summed E-state index contributed by atoms with van der Waals surface area (Å²) in [6.07, 6.45) is 2.16. The van der Waals surface area contributed by atoms with Crippen LogP contribution in [0.3, 0.4) is 0 Å². The second-order valence-corrected chi connectivity index (χ2v) is 2.91. The molecule has 0 bridgehead atoms. The van der Waals surface area contributed by atoms with Gasteiger partial charge in [0.1, 0.15) is 5.03 Å². The lowest BCUT2D eigenvalue weighted by Crippen LogP contribution is -2.40. The molecule has 3 nitrogen and oxygen atoms in total. The van der Waals surface area contributed by atoms with Crippen molar-refractivity contribution in [3.8, 4) is 0 Å². The van der Waals surface area contributed by atoms with Gasteiger partial charge in [0.25, 0.3) is 0 Å². The molecular weight excluding hydrogens is 189 g/mol. The fraction of sp³-hybridized carbons (Fsp3) is 0.167. The third-order valence-electron chi connectivity index (χ3n) is 1.25. The molecule has 1 atom stereocenters. The molecule has 5 heteroatoms. The summed E-state index contributed by atoms with van der Waals surface area (Å²) in [5.41, 5.74) is 3.42. The van der Waals surface area contributed by atoms with Crippen molar-refractivity contribution in [1.29, 1.82) is 0 Å². The van der Waals surface area contributed by atoms with Gasteiger partial charge in [0.15, 0.2) is 11.5 Å². The fourth-order valence-corrected chi connectivity index (χ4v) is 1.00. The van der Waals surface area contributed by atoms with E-state index in [1.54, 1.807) is 0 Å². The third-order valence-corrected chi connectivity index (χ3v) is 2.21. The average Bonchev–Trinajstić information content (AvgIpc) is 1.95. The maximum atomic E-state index is 10.8. The summed E-state index contributed by atoms with van der Waals surface area (Å²) in [4.78, 5) is 10.8. The molecule has 0 aromatic heterocycles. The van der Waals surface area contributed by atoms with E-state index in [9.17, 15) is 9.90 Å². The number of aliphatic hydroxyl groups is 1. The first-order chi connectivity index (χ1) is 4.95. The lowest BCUT2D eigenvalue weighted by molar-refractivity contribution is -0.111. The van der Waals surface area contributed by atoms with Crippen LogP contribution in [0.4, 0.5) is 0 Å². The molecule has 0 fully saturated rings. The second kappa shape index (κ2) is 2.60. The van der Waals surface area contributed by atoms with Gasteiger partial charge in [-0.1, -0.05) is 23.2 Å². The van der Waals surface area contributed by atoms with Gasteiger partial charge >= 0.3 is 0 Å². The molecule has 1 aliphatic rings. The first-order valence-electron chi connectivity index (χ1n) is 2.76. The van der Waals surface area contributed by atoms with E-state index >= 15 is 0 Å². The van der Waals surface area contributed by atoms with E-state index in [0.29, 0.717) is 0 Å². The average molecular weight is 194 g/mol. The maximum absolute atomic E-state index is 10.8. The summed E-state index contributed by atoms with van der Waals surface area (Å²) in [5, 5.41) is 8.71. The number of carbonyl (C=O) groups excluding carboxylic acids is 1. The third kappa shape index (κ3) is 1.46. The monoisotopic (exact) mass is 193 g/mol. The van der Waals surface area contributed by atoms with Crippen molar-refractivity contribution in [3.63, 3.8) is 0 Å². The highest BCUT2D eigenvalue weighted by Crippen LogP contribution is 2.28. The van der Waals surface area contributed by atoms with Gasteiger partial charge in [-0.25, -0.2) is 0 Å². The van der Waals surface area contributed by atoms with Crippen LogP contribution in [0, 0.1) is 0 Å². The Balaban J connectivity index is 3.14. The highest BCUT2D eigenvalue weighted by atomic mass is 35.5. The van der Waals surface area contributed by atoms with Crippen molar-refractivity contribution in [2.75, 3.05) is 0 Å². The molecule has 60 valence electrons. The Morgan fingerprint density at radius 1 is 1.55 bits per heavy atom. The molecule has 0 heterocycles. The van der Waals surface area contributed by atoms with Crippen molar-refractivity contribution in [1.82, 2.24) is 0 Å². The van der Waals surface area contributed by atoms with E-state index in [2.05, 4.69) is 0 Å². The van der Waals surface area contributed by atoms with Gasteiger partial charge in [-0.15, -0.1) is 0 Å². The van der Waals surface area contributed by atoms with E-state index in [1.165, 1.54) is 0 Å². The predicted molar refractivity (Wildman–Crippen MR) is 42.0 cm³/mol. The van der Waals surface area contributed by atoms with Gasteiger partial charge in [0.2, 0.25) is 0 Å². The number of nitrogens with two attached hydrogens (primary N) is 1. The molecule has 11 heavy (non-hydrogen) atoms. The number of hydrogen-bond acceptors (Lipinski definition) is 3. The molecule has 0 radical (unpaired) electrons. The Kier molecular flexibility index (Phi) is 2.07. The number of allylic oxidation sites excluding steroid dienone is 2. The van der Waals surface area contributed by atoms with Gasteiger partial charge in [-0.3, -0.25) is 10.5 Å². The fourth-order valence-electron chi connectivity index (χ4n) is 0.633. The predicted octanol–water partition coefficient (Wildman–Crippen LogP) is 0.462. The van der Waals surface area contributed by atoms with Crippen LogP contribution < -0.4 is 5.73 Å². The van der Waals surface area contributed by atoms with Crippen LogP contribution in [0.25, 0.3) is 0 Å². The van der Waals surface area contributed by atoms with Gasteiger partial charge in [-0.05, 0) is 12.2 Å². The van der Waals surface area contributed by atoms with E-state index < -0.39 is 11.5 Å². The lowest BCUT2D eigenvalue weighted by Gasteiger charge is -2.21. The molecule has 0 aromatic carbocycles. The Bertz CT molecular complexity index is 268. The van der Waals surface area contributed by atoms with Gasteiger partial charge < -0.3 is 5.11 Å². The highest BCUT2D eigenvalue weighted by Gasteiger charge is 2.30. The van der Waals surface area contributed by atoms with E-state index in [0.717, 1.165) is 12.2 Å². The largest absolute Gasteiger partial charge is 0.367 e. The molecular formula is C6H5Cl2NO2. The number of carbonyl (C=O) groups is 1. The molecule has 0 saturated carbocycles. The number of ketones is 1. The summed E-state index contributed by atoms with van der Waals surface area (Å²) < 4.78 is 0. The number of halogens is 2. The van der Waals surface area contributed by atoms with Crippen molar-refractivity contribution < 1.29 is 9.90 Å². The van der Waals surface area contributed by atoms with Crippen molar-refractivity contribution in [2.45, 2.75) is 5.72 Å². The van der Waals surface area contributed by atoms with Crippen LogP contribution in [-0.2, 0) is 4.79 Å². The van der Waals surface area contributed by atoms with Crippen LogP contribution >= 0.6 is 23.2 Å². The minimum Gasteiger partial charge on any atom is -0.367 e. The Labute approximate surface area is 73.1 Å². The molecule has 1 rings (SSSR count). The molecule has 0 aliphatic heterocycles. The number of rotatable bonds is 0. The van der Waals surface area contributed by atoms with Gasteiger partial charge in [0, 0.05) is 0 Å². The smallest absolute Gasteiger partial charge is 0.198 e. The zero-order chi connectivity index (χ0) is 8.65. The van der Waals surface area contributed by atoms with Crippen molar-refractivity contribution in [3.05, 3.63) is 22.2 Å². The SMILES string of the molecule is NC1(O)C=CC(=O)C(Cl)=C1Cl. The van der Waals surface area contributed by atoms with Crippen LogP contribution in [0.15, 0.2) is 22.2 Å². The lowest BCUT2D eigenvalue weighted by atomic mass is 10.1. The topological polar surface area (TPSA) is 63.3 Å². The van der Waals surface area contributed by atoms with Gasteiger partial charge in [-0.2, -0.15) is 0 Å². The minimum absolute atomic E-state index is 0.237. The Hall–Kier alpha value is -0.350. The molecule has 0 amide bonds. The van der Waals surface area contributed by atoms with Crippen LogP contribution in [0.1, 0.15) is 0 Å². The molecule has 0 spiro atoms. The summed E-state index contributed by atoms with van der Waals surface area (Å²) in [7, 11) is 0. The maximum Gasteiger partial charge on any atom is 0.198 e. The zero-order valence-electron chi connectivity index (χ0n) is 5.34. The standard InChI is InChI=1S/C6H5Cl2NO2/c7-4-3(10)1-2-6(9,11)5(4)8/h1-2,11H,9H2. The molecule has 1 aliphatic carbocycles. The van der Waals surface area contributed by atoms with E-state index in [1.807, 2.05) is 0 Å². The highest BCUT2D eigenvalue weighted by molar-refractivity contribution is 6.50. The van der Waals surface area contributed by atoms with E-state index in [4.69, 9.17) is 28.9 Å². The van der Waals surface area contributed by atoms with Crippen LogP contribution in [0.5, 0.6) is 0 Å². The van der Waals surface area contributed by atoms with Crippen LogP contribution in [0.2, 0.25) is 0 Å². The summed E-state index contributed by atoms with van der Waals surface area (Å²) in [5.74, 6) is -0.452. The minimum atomic E-state index is -1.80. The zero-order valence-corrected chi connectivity index (χ0v) is 6.86. The summed E-state index contributed by atoms with van der Waals surface area (Å²) >= 11 is 10.9. The number of hydrogen-bond donors (Lipinski definition) is 2. The molecule has 0 aromatic rings. The molecule has 0 saturated heterocycles. The van der Waals surface area contributed by atoms with E-state index in [-0.39, 0.29) is 10.1 Å². The normalized spacial score (nSPS) is 31.5. The van der Waals surface area contributed by atoms with Crippen LogP contribution in [-0.4, -0.2) is 16.6 Å². The quantitative estimate of drug-likeness (QED) is 0.550. The first kappa shape index (κ1) is 8.74. The van der Waals surface area contributed by atoms with Gasteiger partial charge in [0.05, 0.1) is 5.03 Å². The molecule has 3 N–H and O–H groups in total. The van der Waals surface area contributed by atoms with Crippen molar-refractivity contribution in [2.24, 2.45) is 5.73 Å². The molecule has 1 unspecified atom stereocenters. The summed E-state index contributed by atoms with van der Waals surface area (Å²) in [6.45, 7) is 0. The Morgan fingerprint density at radius 2 is 2.09 bits per heavy atom. The first-order valence-corrected chi connectivity index (χ1v) is 3.51.